The van der Waals surface area contributed by atoms with Crippen LogP contribution in [-0.2, 0) is 12.8 Å². The number of ether oxygens (including phenoxy) is 2. The average molecular weight is 959 g/mol. The first kappa shape index (κ1) is 49.9. The monoisotopic (exact) mass is 958 g/mol. The molecule has 0 bridgehead atoms. The van der Waals surface area contributed by atoms with Gasteiger partial charge in [-0.1, -0.05) is 48.5 Å². The number of amides is 4. The Labute approximate surface area is 389 Å². The van der Waals surface area contributed by atoms with Crippen LogP contribution in [0.5, 0.6) is 11.5 Å². The third kappa shape index (κ3) is 11.3. The normalized spacial score (nSPS) is 21.1. The zero-order valence-electron chi connectivity index (χ0n) is 37.5. The fourth-order valence-electron chi connectivity index (χ4n) is 9.40. The highest BCUT2D eigenvalue weighted by Crippen LogP contribution is 2.45. The number of fused-ring (bicyclic) bond motifs is 2. The van der Waals surface area contributed by atoms with Gasteiger partial charge >= 0.3 is 24.4 Å². The lowest BCUT2D eigenvalue weighted by Crippen LogP contribution is -2.40. The molecule has 2 saturated heterocycles. The number of methoxy groups -OCH3 is 2. The number of hydrogen-bond acceptors (Lipinski definition) is 10. The largest absolute Gasteiger partial charge is 0.494 e. The second-order valence-corrected chi connectivity index (χ2v) is 17.3. The lowest BCUT2D eigenvalue weighted by molar-refractivity contribution is -0.207. The molecule has 4 aliphatic rings. The maximum absolute atomic E-state index is 13.4. The van der Waals surface area contributed by atoms with E-state index in [4.69, 9.17) is 9.47 Å². The summed E-state index contributed by atoms with van der Waals surface area (Å²) < 4.78 is 90.9. The fraction of sp³-hybridized carbons (Fsp3) is 0.458. The third-order valence-corrected chi connectivity index (χ3v) is 12.8. The van der Waals surface area contributed by atoms with Gasteiger partial charge in [-0.05, 0) is 97.9 Å². The van der Waals surface area contributed by atoms with Gasteiger partial charge in [0.1, 0.15) is 11.5 Å². The van der Waals surface area contributed by atoms with Gasteiger partial charge in [-0.2, -0.15) is 26.3 Å². The maximum Gasteiger partial charge on any atom is 0.418 e. The molecule has 68 heavy (non-hydrogen) atoms. The van der Waals surface area contributed by atoms with Crippen molar-refractivity contribution in [1.29, 1.82) is 0 Å². The summed E-state index contributed by atoms with van der Waals surface area (Å²) in [6.45, 7) is 2.64. The van der Waals surface area contributed by atoms with Gasteiger partial charge in [-0.25, -0.2) is 9.59 Å². The van der Waals surface area contributed by atoms with Crippen molar-refractivity contribution in [2.24, 2.45) is 0 Å². The number of aliphatic hydroxyl groups is 4. The predicted molar refractivity (Wildman–Crippen MR) is 242 cm³/mol. The number of piperidine rings is 2. The number of alkyl halides is 6. The van der Waals surface area contributed by atoms with E-state index in [2.05, 4.69) is 21.3 Å². The summed E-state index contributed by atoms with van der Waals surface area (Å²) in [7, 11) is 2.37. The SMILES string of the molecule is COc1c(NC(=O)N[C@@H]2Cc3ccccc3[C@@H]2O)cc(N2CCCCC2)cc1[C@@H](O)C(F)(F)F.COc1c(NC(=O)N[C@@H]2Cc3ccccc3[C@@H]2O)cc(N2CCCCC2)cc1[C@H](O)C(F)(F)F. The molecular weight excluding hydrogens is 903 g/mol. The van der Waals surface area contributed by atoms with Crippen molar-refractivity contribution in [3.8, 4) is 11.5 Å². The summed E-state index contributed by atoms with van der Waals surface area (Å²) in [6, 6.07) is 17.7. The molecule has 2 aliphatic heterocycles. The van der Waals surface area contributed by atoms with Crippen LogP contribution in [0.2, 0.25) is 0 Å². The van der Waals surface area contributed by atoms with E-state index in [9.17, 15) is 56.4 Å². The quantitative estimate of drug-likeness (QED) is 0.0722. The van der Waals surface area contributed by atoms with E-state index >= 15 is 0 Å². The zero-order valence-corrected chi connectivity index (χ0v) is 37.5. The number of hydrogen-bond donors (Lipinski definition) is 8. The van der Waals surface area contributed by atoms with Crippen LogP contribution in [-0.4, -0.2) is 97.3 Å². The van der Waals surface area contributed by atoms with E-state index in [1.54, 1.807) is 36.4 Å². The molecule has 0 aromatic heterocycles. The van der Waals surface area contributed by atoms with Crippen molar-refractivity contribution >= 4 is 34.8 Å². The molecule has 14 nitrogen and oxygen atoms in total. The van der Waals surface area contributed by atoms with Crippen molar-refractivity contribution in [2.45, 2.75) is 100 Å². The molecule has 4 aromatic rings. The number of carbonyl (C=O) groups excluding carboxylic acids is 2. The van der Waals surface area contributed by atoms with Crippen LogP contribution in [0.3, 0.4) is 0 Å². The highest BCUT2D eigenvalue weighted by atomic mass is 19.4. The van der Waals surface area contributed by atoms with Crippen LogP contribution in [0.25, 0.3) is 0 Å². The van der Waals surface area contributed by atoms with Crippen molar-refractivity contribution in [1.82, 2.24) is 10.6 Å². The van der Waals surface area contributed by atoms with Gasteiger partial charge in [0.2, 0.25) is 0 Å². The summed E-state index contributed by atoms with van der Waals surface area (Å²) in [6.07, 6.45) is -10.7. The van der Waals surface area contributed by atoms with Crippen molar-refractivity contribution in [3.63, 3.8) is 0 Å². The van der Waals surface area contributed by atoms with Crippen molar-refractivity contribution in [3.05, 3.63) is 106 Å². The van der Waals surface area contributed by atoms with Crippen LogP contribution in [0.4, 0.5) is 58.7 Å². The van der Waals surface area contributed by atoms with Gasteiger partial charge in [-0.3, -0.25) is 0 Å². The molecule has 4 amide bonds. The number of urea groups is 2. The second-order valence-electron chi connectivity index (χ2n) is 17.3. The number of nitrogens with one attached hydrogen (secondary N) is 4. The average Bonchev–Trinajstić information content (AvgIpc) is 3.81. The smallest absolute Gasteiger partial charge is 0.418 e. The zero-order chi connectivity index (χ0) is 48.9. The van der Waals surface area contributed by atoms with Crippen LogP contribution < -0.4 is 40.5 Å². The first-order valence-electron chi connectivity index (χ1n) is 22.5. The fourth-order valence-corrected chi connectivity index (χ4v) is 9.40. The van der Waals surface area contributed by atoms with E-state index < -0.39 is 72.0 Å². The molecule has 2 heterocycles. The van der Waals surface area contributed by atoms with Gasteiger partial charge in [0.15, 0.2) is 12.2 Å². The Bertz CT molecular complexity index is 2250. The van der Waals surface area contributed by atoms with Gasteiger partial charge in [0.25, 0.3) is 0 Å². The minimum Gasteiger partial charge on any atom is -0.494 e. The Balaban J connectivity index is 0.000000201. The van der Waals surface area contributed by atoms with Gasteiger partial charge in [0, 0.05) is 48.7 Å². The highest BCUT2D eigenvalue weighted by Gasteiger charge is 2.44. The third-order valence-electron chi connectivity index (χ3n) is 12.8. The Hall–Kier alpha value is -5.96. The molecule has 0 radical (unpaired) electrons. The first-order chi connectivity index (χ1) is 32.4. The number of benzene rings is 4. The number of nitrogens with zero attached hydrogens (tertiary/aromatic N) is 2. The number of rotatable bonds is 10. The van der Waals surface area contributed by atoms with Gasteiger partial charge in [0.05, 0.1) is 49.9 Å². The summed E-state index contributed by atoms with van der Waals surface area (Å²) >= 11 is 0. The van der Waals surface area contributed by atoms with E-state index in [1.807, 2.05) is 34.1 Å². The number of carbonyl (C=O) groups is 2. The summed E-state index contributed by atoms with van der Waals surface area (Å²) in [5, 5.41) is 51.7. The van der Waals surface area contributed by atoms with E-state index in [-0.39, 0.29) is 22.9 Å². The molecule has 8 N–H and O–H groups in total. The molecule has 0 saturated carbocycles. The van der Waals surface area contributed by atoms with Gasteiger partial charge < -0.3 is 61.0 Å². The van der Waals surface area contributed by atoms with Crippen LogP contribution in [0, 0.1) is 0 Å². The van der Waals surface area contributed by atoms with E-state index in [1.165, 1.54) is 26.4 Å². The maximum atomic E-state index is 13.4. The summed E-state index contributed by atoms with van der Waals surface area (Å²) in [5.41, 5.74) is 3.29. The van der Waals surface area contributed by atoms with E-state index in [0.717, 1.165) is 60.8 Å². The number of aliphatic hydroxyl groups excluding tert-OH is 4. The molecule has 2 fully saturated rings. The Morgan fingerprint density at radius 1 is 0.588 bits per heavy atom. The molecule has 0 spiro atoms. The predicted octanol–water partition coefficient (Wildman–Crippen LogP) is 8.12. The van der Waals surface area contributed by atoms with Gasteiger partial charge in [-0.15, -0.1) is 0 Å². The molecule has 4 aromatic carbocycles. The lowest BCUT2D eigenvalue weighted by atomic mass is 10.0. The van der Waals surface area contributed by atoms with Crippen molar-refractivity contribution < 1.29 is 65.8 Å². The molecule has 2 aliphatic carbocycles. The van der Waals surface area contributed by atoms with Crippen molar-refractivity contribution in [2.75, 3.05) is 60.8 Å². The topological polar surface area (TPSA) is 188 Å². The molecule has 20 heteroatoms. The lowest BCUT2D eigenvalue weighted by Gasteiger charge is -2.31. The first-order valence-corrected chi connectivity index (χ1v) is 22.5. The standard InChI is InChI=1S/2C24H28F3N3O4/c2*1-34-21-17(22(32)24(25,26)27)12-15(30-9-5-2-6-10-30)13-19(21)29-23(33)28-18-11-14-7-3-4-8-16(14)20(18)31/h2*3-4,7-8,12-13,18,20,22,31-32H,2,5-6,9-11H2,1H3,(H2,28,29,33)/t18-,20+,22+;18-,20+,22-/m11/s1. The molecule has 0 unspecified atom stereocenters. The van der Waals surface area contributed by atoms with Crippen LogP contribution >= 0.6 is 0 Å². The minimum atomic E-state index is -4.91. The van der Waals surface area contributed by atoms with Crippen LogP contribution in [0.1, 0.15) is 96.3 Å². The minimum absolute atomic E-state index is 0.00590. The molecule has 8 rings (SSSR count). The molecular formula is C48H56F6N6O8. The second kappa shape index (κ2) is 21.1. The Morgan fingerprint density at radius 2 is 0.941 bits per heavy atom. The molecule has 6 atom stereocenters. The van der Waals surface area contributed by atoms with E-state index in [0.29, 0.717) is 50.4 Å². The molecule has 368 valence electrons. The Kier molecular flexibility index (Phi) is 15.5. The summed E-state index contributed by atoms with van der Waals surface area (Å²) in [4.78, 5) is 29.5. The summed E-state index contributed by atoms with van der Waals surface area (Å²) in [5.74, 6) is -0.535. The number of halogens is 6. The van der Waals surface area contributed by atoms with Crippen LogP contribution in [0.15, 0.2) is 72.8 Å². The number of anilines is 4. The highest BCUT2D eigenvalue weighted by molar-refractivity contribution is 5.93. The Morgan fingerprint density at radius 3 is 1.26 bits per heavy atom.